The molecule has 2 heterocycles. The SMILES string of the molecule is CN1CCN(c2ccc(CNC(=O)C(C)(C)N(C)C3CCCC3)cn2)CC1. The Labute approximate surface area is 163 Å². The third-order valence-electron chi connectivity index (χ3n) is 6.40. The minimum absolute atomic E-state index is 0.0834. The second-order valence-electron chi connectivity index (χ2n) is 8.61. The maximum atomic E-state index is 12.8. The molecule has 0 aromatic carbocycles. The van der Waals surface area contributed by atoms with Crippen molar-refractivity contribution < 1.29 is 4.79 Å². The van der Waals surface area contributed by atoms with Gasteiger partial charge in [0, 0.05) is 45.0 Å². The van der Waals surface area contributed by atoms with Gasteiger partial charge >= 0.3 is 0 Å². The molecule has 0 radical (unpaired) electrons. The first-order valence-electron chi connectivity index (χ1n) is 10.3. The summed E-state index contributed by atoms with van der Waals surface area (Å²) < 4.78 is 0. The molecule has 2 aliphatic rings. The number of rotatable bonds is 6. The van der Waals surface area contributed by atoms with Gasteiger partial charge in [0.05, 0.1) is 5.54 Å². The van der Waals surface area contributed by atoms with Crippen molar-refractivity contribution >= 4 is 11.7 Å². The zero-order valence-corrected chi connectivity index (χ0v) is 17.4. The van der Waals surface area contributed by atoms with Gasteiger partial charge in [-0.2, -0.15) is 0 Å². The van der Waals surface area contributed by atoms with Crippen LogP contribution in [0.1, 0.15) is 45.1 Å². The number of piperazine rings is 1. The third-order valence-corrected chi connectivity index (χ3v) is 6.40. The van der Waals surface area contributed by atoms with Gasteiger partial charge in [-0.15, -0.1) is 0 Å². The molecule has 2 fully saturated rings. The fourth-order valence-electron chi connectivity index (χ4n) is 4.05. The molecule has 0 atom stereocenters. The molecule has 3 rings (SSSR count). The van der Waals surface area contributed by atoms with Crippen LogP contribution in [0.15, 0.2) is 18.3 Å². The Morgan fingerprint density at radius 3 is 2.48 bits per heavy atom. The predicted octanol–water partition coefficient (Wildman–Crippen LogP) is 2.10. The first-order chi connectivity index (χ1) is 12.9. The summed E-state index contributed by atoms with van der Waals surface area (Å²) in [5.74, 6) is 1.11. The molecule has 150 valence electrons. The van der Waals surface area contributed by atoms with Gasteiger partial charge in [-0.05, 0) is 52.4 Å². The van der Waals surface area contributed by atoms with E-state index in [4.69, 9.17) is 0 Å². The summed E-state index contributed by atoms with van der Waals surface area (Å²) in [6, 6.07) is 4.67. The van der Waals surface area contributed by atoms with Crippen LogP contribution >= 0.6 is 0 Å². The molecule has 6 heteroatoms. The minimum Gasteiger partial charge on any atom is -0.354 e. The van der Waals surface area contributed by atoms with Gasteiger partial charge < -0.3 is 15.1 Å². The Morgan fingerprint density at radius 2 is 1.89 bits per heavy atom. The molecule has 0 spiro atoms. The molecular formula is C21H35N5O. The third kappa shape index (κ3) is 4.79. The Morgan fingerprint density at radius 1 is 1.22 bits per heavy atom. The van der Waals surface area contributed by atoms with Gasteiger partial charge in [0.25, 0.3) is 0 Å². The van der Waals surface area contributed by atoms with Gasteiger partial charge in [0.1, 0.15) is 5.82 Å². The lowest BCUT2D eigenvalue weighted by Gasteiger charge is -2.38. The van der Waals surface area contributed by atoms with Crippen molar-refractivity contribution in [2.45, 2.75) is 57.7 Å². The summed E-state index contributed by atoms with van der Waals surface area (Å²) in [6.07, 6.45) is 6.84. The first-order valence-corrected chi connectivity index (χ1v) is 10.3. The lowest BCUT2D eigenvalue weighted by Crippen LogP contribution is -2.56. The summed E-state index contributed by atoms with van der Waals surface area (Å²) in [5.41, 5.74) is 0.544. The van der Waals surface area contributed by atoms with Crippen LogP contribution in [0, 0.1) is 0 Å². The fraction of sp³-hybridized carbons (Fsp3) is 0.714. The van der Waals surface area contributed by atoms with Gasteiger partial charge in [-0.1, -0.05) is 18.9 Å². The number of hydrogen-bond donors (Lipinski definition) is 1. The van der Waals surface area contributed by atoms with Crippen LogP contribution in [0.3, 0.4) is 0 Å². The number of carbonyl (C=O) groups is 1. The average molecular weight is 374 g/mol. The van der Waals surface area contributed by atoms with Crippen molar-refractivity contribution in [2.75, 3.05) is 45.2 Å². The van der Waals surface area contributed by atoms with Crippen molar-refractivity contribution in [3.05, 3.63) is 23.9 Å². The van der Waals surface area contributed by atoms with Crippen LogP contribution in [-0.2, 0) is 11.3 Å². The van der Waals surface area contributed by atoms with Crippen molar-refractivity contribution in [2.24, 2.45) is 0 Å². The van der Waals surface area contributed by atoms with E-state index in [9.17, 15) is 4.79 Å². The predicted molar refractivity (Wildman–Crippen MR) is 110 cm³/mol. The van der Waals surface area contributed by atoms with Crippen molar-refractivity contribution in [3.63, 3.8) is 0 Å². The molecule has 1 aromatic rings. The number of nitrogens with one attached hydrogen (secondary N) is 1. The zero-order valence-electron chi connectivity index (χ0n) is 17.4. The number of nitrogens with zero attached hydrogens (tertiary/aromatic N) is 4. The first kappa shape index (κ1) is 20.1. The van der Waals surface area contributed by atoms with E-state index in [0.717, 1.165) is 37.6 Å². The minimum atomic E-state index is -0.498. The Hall–Kier alpha value is -1.66. The van der Waals surface area contributed by atoms with Gasteiger partial charge in [0.15, 0.2) is 0 Å². The maximum absolute atomic E-state index is 12.8. The lowest BCUT2D eigenvalue weighted by molar-refractivity contribution is -0.132. The van der Waals surface area contributed by atoms with E-state index >= 15 is 0 Å². The number of pyridine rings is 1. The van der Waals surface area contributed by atoms with Gasteiger partial charge in [-0.25, -0.2) is 4.98 Å². The highest BCUT2D eigenvalue weighted by Crippen LogP contribution is 2.28. The van der Waals surface area contributed by atoms with E-state index in [1.54, 1.807) is 0 Å². The number of anilines is 1. The van der Waals surface area contributed by atoms with Gasteiger partial charge in [-0.3, -0.25) is 9.69 Å². The molecular weight excluding hydrogens is 338 g/mol. The highest BCUT2D eigenvalue weighted by Gasteiger charge is 2.36. The van der Waals surface area contributed by atoms with Crippen molar-refractivity contribution in [1.29, 1.82) is 0 Å². The van der Waals surface area contributed by atoms with Gasteiger partial charge in [0.2, 0.25) is 5.91 Å². The zero-order chi connectivity index (χ0) is 19.4. The number of likely N-dealkylation sites (N-methyl/N-ethyl adjacent to an activating group) is 2. The van der Waals surface area contributed by atoms with Crippen LogP contribution < -0.4 is 10.2 Å². The summed E-state index contributed by atoms with van der Waals surface area (Å²) in [7, 11) is 4.24. The van der Waals surface area contributed by atoms with Crippen LogP contribution in [0.2, 0.25) is 0 Å². The van der Waals surface area contributed by atoms with E-state index < -0.39 is 5.54 Å². The largest absolute Gasteiger partial charge is 0.354 e. The molecule has 6 nitrogen and oxygen atoms in total. The molecule has 1 saturated heterocycles. The highest BCUT2D eigenvalue weighted by molar-refractivity contribution is 5.85. The van der Waals surface area contributed by atoms with Crippen LogP contribution in [-0.4, -0.2) is 72.5 Å². The van der Waals surface area contributed by atoms with E-state index in [-0.39, 0.29) is 5.91 Å². The van der Waals surface area contributed by atoms with E-state index in [2.05, 4.69) is 51.2 Å². The molecule has 1 saturated carbocycles. The molecule has 0 unspecified atom stereocenters. The van der Waals surface area contributed by atoms with Crippen LogP contribution in [0.5, 0.6) is 0 Å². The summed E-state index contributed by atoms with van der Waals surface area (Å²) in [5, 5.41) is 3.11. The summed E-state index contributed by atoms with van der Waals surface area (Å²) >= 11 is 0. The normalized spacial score (nSPS) is 19.7. The molecule has 27 heavy (non-hydrogen) atoms. The highest BCUT2D eigenvalue weighted by atomic mass is 16.2. The standard InChI is InChI=1S/C21H35N5O/c1-21(2,25(4)18-7-5-6-8-18)20(27)23-16-17-9-10-19(22-15-17)26-13-11-24(3)12-14-26/h9-10,15,18H,5-8,11-14,16H2,1-4H3,(H,23,27). The van der Waals surface area contributed by atoms with Crippen LogP contribution in [0.4, 0.5) is 5.82 Å². The maximum Gasteiger partial charge on any atom is 0.240 e. The Balaban J connectivity index is 1.52. The van der Waals surface area contributed by atoms with E-state index in [0.29, 0.717) is 12.6 Å². The van der Waals surface area contributed by atoms with Crippen molar-refractivity contribution in [1.82, 2.24) is 20.1 Å². The average Bonchev–Trinajstić information content (AvgIpc) is 3.21. The molecule has 1 amide bonds. The number of carbonyl (C=O) groups excluding carboxylic acids is 1. The number of hydrogen-bond acceptors (Lipinski definition) is 5. The second kappa shape index (κ2) is 8.57. The molecule has 1 aromatic heterocycles. The van der Waals surface area contributed by atoms with Crippen LogP contribution in [0.25, 0.3) is 0 Å². The van der Waals surface area contributed by atoms with E-state index in [1.165, 1.54) is 25.7 Å². The Kier molecular flexibility index (Phi) is 6.37. The topological polar surface area (TPSA) is 51.7 Å². The molecule has 1 aliphatic carbocycles. The quantitative estimate of drug-likeness (QED) is 0.828. The monoisotopic (exact) mass is 373 g/mol. The smallest absolute Gasteiger partial charge is 0.240 e. The second-order valence-corrected chi connectivity index (χ2v) is 8.61. The molecule has 1 N–H and O–H groups in total. The Bertz CT molecular complexity index is 616. The van der Waals surface area contributed by atoms with E-state index in [1.807, 2.05) is 20.0 Å². The van der Waals surface area contributed by atoms with Crippen molar-refractivity contribution in [3.8, 4) is 0 Å². The molecule has 1 aliphatic heterocycles. The summed E-state index contributed by atoms with van der Waals surface area (Å²) in [4.78, 5) is 24.3. The number of amides is 1. The lowest BCUT2D eigenvalue weighted by atomic mass is 9.99. The fourth-order valence-corrected chi connectivity index (χ4v) is 4.05. The number of aromatic nitrogens is 1. The molecule has 0 bridgehead atoms. The summed E-state index contributed by atoms with van der Waals surface area (Å²) in [6.45, 7) is 8.75.